The Bertz CT molecular complexity index is 650. The van der Waals surface area contributed by atoms with Gasteiger partial charge in [0.05, 0.1) is 4.91 Å². The summed E-state index contributed by atoms with van der Waals surface area (Å²) in [4.78, 5) is 19.7. The highest BCUT2D eigenvalue weighted by molar-refractivity contribution is 8.27. The van der Waals surface area contributed by atoms with Gasteiger partial charge in [-0.25, -0.2) is 9.88 Å². The Morgan fingerprint density at radius 2 is 2.16 bits per heavy atom. The van der Waals surface area contributed by atoms with Crippen LogP contribution in [0.25, 0.3) is 6.08 Å². The first kappa shape index (κ1) is 12.5. The highest BCUT2D eigenvalue weighted by Gasteiger charge is 2.33. The fourth-order valence-corrected chi connectivity index (χ4v) is 3.65. The molecule has 0 unspecified atom stereocenters. The van der Waals surface area contributed by atoms with E-state index >= 15 is 0 Å². The van der Waals surface area contributed by atoms with Gasteiger partial charge in [0.25, 0.3) is 5.91 Å². The van der Waals surface area contributed by atoms with Crippen LogP contribution in [0.3, 0.4) is 0 Å². The molecule has 0 bridgehead atoms. The number of carbonyl (C=O) groups is 1. The van der Waals surface area contributed by atoms with E-state index in [2.05, 4.69) is 4.98 Å². The first-order chi connectivity index (χ1) is 9.25. The largest absolute Gasteiger partial charge is 0.272 e. The molecule has 1 aliphatic rings. The molecule has 1 aliphatic heterocycles. The van der Waals surface area contributed by atoms with Crippen LogP contribution in [0.5, 0.6) is 0 Å². The van der Waals surface area contributed by atoms with Crippen molar-refractivity contribution in [1.29, 1.82) is 0 Å². The monoisotopic (exact) mass is 304 g/mol. The van der Waals surface area contributed by atoms with Crippen LogP contribution in [-0.2, 0) is 4.79 Å². The average molecular weight is 304 g/mol. The Hall–Kier alpha value is -1.50. The summed E-state index contributed by atoms with van der Waals surface area (Å²) in [7, 11) is 0. The third kappa shape index (κ3) is 2.47. The first-order valence-corrected chi connectivity index (χ1v) is 7.58. The number of aromatic nitrogens is 1. The van der Waals surface area contributed by atoms with Gasteiger partial charge in [-0.15, -0.1) is 11.3 Å². The van der Waals surface area contributed by atoms with Gasteiger partial charge in [-0.1, -0.05) is 36.1 Å². The van der Waals surface area contributed by atoms with Crippen molar-refractivity contribution in [2.45, 2.75) is 0 Å². The molecule has 3 heterocycles. The molecular weight excluding hydrogens is 296 g/mol. The van der Waals surface area contributed by atoms with Crippen LogP contribution in [-0.4, -0.2) is 15.2 Å². The number of pyridine rings is 1. The van der Waals surface area contributed by atoms with Crippen molar-refractivity contribution in [2.24, 2.45) is 0 Å². The van der Waals surface area contributed by atoms with E-state index in [4.69, 9.17) is 12.2 Å². The highest BCUT2D eigenvalue weighted by Crippen LogP contribution is 2.35. The van der Waals surface area contributed by atoms with Gasteiger partial charge in [0.1, 0.15) is 5.82 Å². The summed E-state index contributed by atoms with van der Waals surface area (Å²) >= 11 is 8.16. The number of amides is 1. The Labute approximate surface area is 124 Å². The molecular formula is C13H8N2OS3. The fourth-order valence-electron chi connectivity index (χ4n) is 1.65. The second-order valence-electron chi connectivity index (χ2n) is 3.72. The van der Waals surface area contributed by atoms with Crippen LogP contribution in [0.2, 0.25) is 0 Å². The number of hydrogen-bond acceptors (Lipinski definition) is 5. The van der Waals surface area contributed by atoms with E-state index in [9.17, 15) is 4.79 Å². The molecule has 94 valence electrons. The van der Waals surface area contributed by atoms with Crippen molar-refractivity contribution in [1.82, 2.24) is 4.98 Å². The summed E-state index contributed by atoms with van der Waals surface area (Å²) in [6.07, 6.45) is 3.52. The molecule has 19 heavy (non-hydrogen) atoms. The Kier molecular flexibility index (Phi) is 3.46. The molecule has 1 saturated heterocycles. The molecule has 0 saturated carbocycles. The summed E-state index contributed by atoms with van der Waals surface area (Å²) in [5.41, 5.74) is 0. The van der Waals surface area contributed by atoms with E-state index in [1.54, 1.807) is 23.6 Å². The van der Waals surface area contributed by atoms with Gasteiger partial charge in [-0.3, -0.25) is 4.79 Å². The van der Waals surface area contributed by atoms with Crippen LogP contribution in [0.1, 0.15) is 4.88 Å². The molecule has 0 aromatic carbocycles. The lowest BCUT2D eigenvalue weighted by molar-refractivity contribution is -0.113. The van der Waals surface area contributed by atoms with Crippen LogP contribution in [0.4, 0.5) is 5.82 Å². The number of rotatable bonds is 2. The van der Waals surface area contributed by atoms with E-state index < -0.39 is 0 Å². The molecule has 6 heteroatoms. The zero-order valence-electron chi connectivity index (χ0n) is 9.65. The Morgan fingerprint density at radius 1 is 1.26 bits per heavy atom. The molecule has 2 aromatic heterocycles. The van der Waals surface area contributed by atoms with Crippen molar-refractivity contribution in [3.8, 4) is 0 Å². The van der Waals surface area contributed by atoms with Crippen molar-refractivity contribution in [3.05, 3.63) is 51.7 Å². The molecule has 0 radical (unpaired) electrons. The number of thioether (sulfide) groups is 1. The zero-order chi connectivity index (χ0) is 13.2. The third-order valence-corrected chi connectivity index (χ3v) is 4.61. The molecule has 0 N–H and O–H groups in total. The number of thiophene rings is 1. The van der Waals surface area contributed by atoms with Gasteiger partial charge in [-0.05, 0) is 29.7 Å². The Balaban J connectivity index is 1.94. The lowest BCUT2D eigenvalue weighted by Gasteiger charge is -2.12. The molecule has 0 atom stereocenters. The van der Waals surface area contributed by atoms with Gasteiger partial charge < -0.3 is 0 Å². The molecule has 1 amide bonds. The lowest BCUT2D eigenvalue weighted by atomic mass is 10.3. The summed E-state index contributed by atoms with van der Waals surface area (Å²) in [6, 6.07) is 9.35. The van der Waals surface area contributed by atoms with Crippen molar-refractivity contribution in [2.75, 3.05) is 4.90 Å². The van der Waals surface area contributed by atoms with E-state index in [0.717, 1.165) is 4.88 Å². The number of nitrogens with zero attached hydrogens (tertiary/aromatic N) is 2. The summed E-state index contributed by atoms with van der Waals surface area (Å²) in [5, 5.41) is 1.98. The smallest absolute Gasteiger partial charge is 0.268 e. The molecule has 3 rings (SSSR count). The van der Waals surface area contributed by atoms with E-state index in [1.165, 1.54) is 16.7 Å². The topological polar surface area (TPSA) is 33.2 Å². The minimum Gasteiger partial charge on any atom is -0.268 e. The van der Waals surface area contributed by atoms with Crippen LogP contribution < -0.4 is 4.90 Å². The average Bonchev–Trinajstić information content (AvgIpc) is 3.01. The van der Waals surface area contributed by atoms with Crippen molar-refractivity contribution >= 4 is 57.4 Å². The van der Waals surface area contributed by atoms with Gasteiger partial charge in [-0.2, -0.15) is 0 Å². The Morgan fingerprint density at radius 3 is 2.84 bits per heavy atom. The maximum atomic E-state index is 12.4. The van der Waals surface area contributed by atoms with Gasteiger partial charge in [0.15, 0.2) is 4.32 Å². The first-order valence-electron chi connectivity index (χ1n) is 5.48. The number of thiocarbonyl (C=S) groups is 1. The third-order valence-electron chi connectivity index (χ3n) is 2.49. The highest BCUT2D eigenvalue weighted by atomic mass is 32.2. The molecule has 2 aromatic rings. The van der Waals surface area contributed by atoms with E-state index in [1.807, 2.05) is 35.7 Å². The van der Waals surface area contributed by atoms with Crippen molar-refractivity contribution in [3.63, 3.8) is 0 Å². The quantitative estimate of drug-likeness (QED) is 0.627. The second-order valence-corrected chi connectivity index (χ2v) is 6.38. The molecule has 1 fully saturated rings. The second kappa shape index (κ2) is 5.24. The fraction of sp³-hybridized carbons (Fsp3) is 0. The number of carbonyl (C=O) groups excluding carboxylic acids is 1. The van der Waals surface area contributed by atoms with E-state index in [0.29, 0.717) is 15.0 Å². The van der Waals surface area contributed by atoms with Gasteiger partial charge in [0.2, 0.25) is 0 Å². The SMILES string of the molecule is O=C1C(=Cc2cccs2)SC(=S)N1c1ccccn1. The minimum absolute atomic E-state index is 0.109. The predicted molar refractivity (Wildman–Crippen MR) is 84.2 cm³/mol. The van der Waals surface area contributed by atoms with Crippen molar-refractivity contribution < 1.29 is 4.79 Å². The molecule has 0 spiro atoms. The standard InChI is InChI=1S/C13H8N2OS3/c16-12-10(8-9-4-3-7-18-9)19-13(17)15(12)11-5-1-2-6-14-11/h1-8H. The minimum atomic E-state index is -0.109. The van der Waals surface area contributed by atoms with Gasteiger partial charge in [0, 0.05) is 11.1 Å². The summed E-state index contributed by atoms with van der Waals surface area (Å²) in [5.74, 6) is 0.460. The van der Waals surface area contributed by atoms with Crippen LogP contribution >= 0.6 is 35.3 Å². The lowest BCUT2D eigenvalue weighted by Crippen LogP contribution is -2.28. The summed E-state index contributed by atoms with van der Waals surface area (Å²) in [6.45, 7) is 0. The molecule has 3 nitrogen and oxygen atoms in total. The van der Waals surface area contributed by atoms with E-state index in [-0.39, 0.29) is 5.91 Å². The predicted octanol–water partition coefficient (Wildman–Crippen LogP) is 3.55. The zero-order valence-corrected chi connectivity index (χ0v) is 12.1. The maximum absolute atomic E-state index is 12.4. The normalized spacial score (nSPS) is 17.5. The van der Waals surface area contributed by atoms with Crippen LogP contribution in [0, 0.1) is 0 Å². The summed E-state index contributed by atoms with van der Waals surface area (Å²) < 4.78 is 0.520. The number of anilines is 1. The van der Waals surface area contributed by atoms with Crippen LogP contribution in [0.15, 0.2) is 46.8 Å². The number of hydrogen-bond donors (Lipinski definition) is 0. The maximum Gasteiger partial charge on any atom is 0.272 e. The van der Waals surface area contributed by atoms with Gasteiger partial charge >= 0.3 is 0 Å². The molecule has 0 aliphatic carbocycles.